The van der Waals surface area contributed by atoms with E-state index in [4.69, 9.17) is 10.5 Å². The number of amides is 1. The van der Waals surface area contributed by atoms with Gasteiger partial charge >= 0.3 is 0 Å². The molecule has 0 fully saturated rings. The quantitative estimate of drug-likeness (QED) is 0.612. The van der Waals surface area contributed by atoms with Crippen LogP contribution < -0.4 is 11.1 Å². The number of hydrogen-bond acceptors (Lipinski definition) is 3. The van der Waals surface area contributed by atoms with Crippen LogP contribution in [0.1, 0.15) is 27.7 Å². The zero-order valence-corrected chi connectivity index (χ0v) is 11.0. The predicted octanol–water partition coefficient (Wildman–Crippen LogP) is 1.01. The second-order valence-electron chi connectivity index (χ2n) is 4.85. The van der Waals surface area contributed by atoms with E-state index >= 15 is 0 Å². The van der Waals surface area contributed by atoms with Gasteiger partial charge in [-0.15, -0.1) is 0 Å². The van der Waals surface area contributed by atoms with Gasteiger partial charge in [0.25, 0.3) is 0 Å². The number of ether oxygens (including phenoxy) is 1. The van der Waals surface area contributed by atoms with Crippen LogP contribution in [0.3, 0.4) is 0 Å². The first-order chi connectivity index (χ1) is 7.49. The van der Waals surface area contributed by atoms with Crippen molar-refractivity contribution in [1.82, 2.24) is 5.32 Å². The number of hydrogen-bond donors (Lipinski definition) is 2. The molecule has 0 aromatic carbocycles. The van der Waals surface area contributed by atoms with Crippen molar-refractivity contribution in [3.8, 4) is 0 Å². The van der Waals surface area contributed by atoms with Gasteiger partial charge in [0.1, 0.15) is 0 Å². The Bertz CT molecular complexity index is 193. The average Bonchev–Trinajstić information content (AvgIpc) is 2.17. The monoisotopic (exact) mass is 230 g/mol. The second kappa shape index (κ2) is 8.53. The highest BCUT2D eigenvalue weighted by Gasteiger charge is 2.19. The second-order valence-corrected chi connectivity index (χ2v) is 4.85. The summed E-state index contributed by atoms with van der Waals surface area (Å²) in [7, 11) is 0. The summed E-state index contributed by atoms with van der Waals surface area (Å²) in [6, 6.07) is 0. The minimum atomic E-state index is -0.0925. The molecule has 0 aliphatic rings. The molecular weight excluding hydrogens is 204 g/mol. The molecule has 0 aromatic heterocycles. The van der Waals surface area contributed by atoms with E-state index in [0.29, 0.717) is 25.6 Å². The third kappa shape index (κ3) is 6.80. The fourth-order valence-corrected chi connectivity index (χ4v) is 1.38. The van der Waals surface area contributed by atoms with Crippen LogP contribution in [0.25, 0.3) is 0 Å². The Morgan fingerprint density at radius 1 is 1.31 bits per heavy atom. The summed E-state index contributed by atoms with van der Waals surface area (Å²) in [5, 5.41) is 2.84. The van der Waals surface area contributed by atoms with Crippen LogP contribution >= 0.6 is 0 Å². The lowest BCUT2D eigenvalue weighted by Crippen LogP contribution is -2.39. The van der Waals surface area contributed by atoms with E-state index in [0.717, 1.165) is 6.61 Å². The number of nitrogens with one attached hydrogen (secondary N) is 1. The molecule has 0 saturated heterocycles. The molecule has 0 bridgehead atoms. The lowest BCUT2D eigenvalue weighted by Gasteiger charge is -2.18. The van der Waals surface area contributed by atoms with Gasteiger partial charge in [-0.25, -0.2) is 0 Å². The molecule has 0 aliphatic heterocycles. The minimum absolute atomic E-state index is 0.0330. The highest BCUT2D eigenvalue weighted by Crippen LogP contribution is 2.08. The molecule has 0 rings (SSSR count). The van der Waals surface area contributed by atoms with E-state index in [2.05, 4.69) is 19.2 Å². The fraction of sp³-hybridized carbons (Fsp3) is 0.917. The lowest BCUT2D eigenvalue weighted by molar-refractivity contribution is -0.126. The van der Waals surface area contributed by atoms with Gasteiger partial charge in [-0.05, 0) is 11.8 Å². The van der Waals surface area contributed by atoms with Crippen LogP contribution in [0.15, 0.2) is 0 Å². The molecule has 0 saturated carbocycles. The highest BCUT2D eigenvalue weighted by atomic mass is 16.5. The fourth-order valence-electron chi connectivity index (χ4n) is 1.38. The Labute approximate surface area is 98.9 Å². The summed E-state index contributed by atoms with van der Waals surface area (Å²) >= 11 is 0. The number of rotatable bonds is 8. The maximum Gasteiger partial charge on any atom is 0.224 e. The molecular formula is C12H26N2O2. The van der Waals surface area contributed by atoms with Crippen molar-refractivity contribution < 1.29 is 9.53 Å². The van der Waals surface area contributed by atoms with Crippen molar-refractivity contribution in [2.75, 3.05) is 26.3 Å². The van der Waals surface area contributed by atoms with Gasteiger partial charge in [-0.2, -0.15) is 0 Å². The van der Waals surface area contributed by atoms with E-state index in [1.807, 2.05) is 13.8 Å². The van der Waals surface area contributed by atoms with E-state index in [9.17, 15) is 4.79 Å². The summed E-state index contributed by atoms with van der Waals surface area (Å²) in [6.07, 6.45) is 0. The van der Waals surface area contributed by atoms with Crippen LogP contribution in [0.5, 0.6) is 0 Å². The Hall–Kier alpha value is -0.610. The summed E-state index contributed by atoms with van der Waals surface area (Å²) in [5.74, 6) is 0.750. The highest BCUT2D eigenvalue weighted by molar-refractivity contribution is 5.79. The Morgan fingerprint density at radius 3 is 2.38 bits per heavy atom. The smallest absolute Gasteiger partial charge is 0.224 e. The SMILES string of the molecule is CC(C)COCCNC(=O)C(CN)C(C)C. The van der Waals surface area contributed by atoms with E-state index < -0.39 is 0 Å². The van der Waals surface area contributed by atoms with Crippen molar-refractivity contribution in [3.05, 3.63) is 0 Å². The third-order valence-electron chi connectivity index (χ3n) is 2.39. The van der Waals surface area contributed by atoms with Crippen LogP contribution in [-0.2, 0) is 9.53 Å². The molecule has 0 heterocycles. The summed E-state index contributed by atoms with van der Waals surface area (Å²) < 4.78 is 5.37. The molecule has 16 heavy (non-hydrogen) atoms. The maximum absolute atomic E-state index is 11.7. The Morgan fingerprint density at radius 2 is 1.94 bits per heavy atom. The van der Waals surface area contributed by atoms with Crippen LogP contribution in [0.4, 0.5) is 0 Å². The molecule has 4 heteroatoms. The number of carbonyl (C=O) groups excluding carboxylic acids is 1. The first kappa shape index (κ1) is 15.4. The van der Waals surface area contributed by atoms with Crippen LogP contribution in [0.2, 0.25) is 0 Å². The molecule has 0 aromatic rings. The molecule has 3 N–H and O–H groups in total. The molecule has 0 spiro atoms. The molecule has 0 aliphatic carbocycles. The van der Waals surface area contributed by atoms with Gasteiger partial charge in [0, 0.05) is 19.7 Å². The average molecular weight is 230 g/mol. The Balaban J connectivity index is 3.64. The molecule has 1 unspecified atom stereocenters. The van der Waals surface area contributed by atoms with Crippen LogP contribution in [-0.4, -0.2) is 32.2 Å². The number of carbonyl (C=O) groups is 1. The van der Waals surface area contributed by atoms with Gasteiger partial charge in [0.15, 0.2) is 0 Å². The maximum atomic E-state index is 11.7. The van der Waals surface area contributed by atoms with Gasteiger partial charge in [-0.3, -0.25) is 4.79 Å². The third-order valence-corrected chi connectivity index (χ3v) is 2.39. The molecule has 4 nitrogen and oxygen atoms in total. The molecule has 1 atom stereocenters. The standard InChI is InChI=1S/C12H26N2O2/c1-9(2)8-16-6-5-14-12(15)11(7-13)10(3)4/h9-11H,5-8,13H2,1-4H3,(H,14,15). The Kier molecular flexibility index (Phi) is 8.21. The van der Waals surface area contributed by atoms with Gasteiger partial charge in [0.05, 0.1) is 12.5 Å². The summed E-state index contributed by atoms with van der Waals surface area (Å²) in [5.41, 5.74) is 5.55. The number of nitrogens with two attached hydrogens (primary N) is 1. The first-order valence-electron chi connectivity index (χ1n) is 6.04. The zero-order chi connectivity index (χ0) is 12.6. The van der Waals surface area contributed by atoms with Gasteiger partial charge in [0.2, 0.25) is 5.91 Å². The van der Waals surface area contributed by atoms with Gasteiger partial charge in [-0.1, -0.05) is 27.7 Å². The minimum Gasteiger partial charge on any atom is -0.379 e. The van der Waals surface area contributed by atoms with E-state index in [1.54, 1.807) is 0 Å². The van der Waals surface area contributed by atoms with Gasteiger partial charge < -0.3 is 15.8 Å². The van der Waals surface area contributed by atoms with Crippen molar-refractivity contribution in [3.63, 3.8) is 0 Å². The topological polar surface area (TPSA) is 64.3 Å². The summed E-state index contributed by atoms with van der Waals surface area (Å²) in [6.45, 7) is 10.5. The lowest BCUT2D eigenvalue weighted by atomic mass is 9.95. The van der Waals surface area contributed by atoms with Crippen molar-refractivity contribution in [2.24, 2.45) is 23.5 Å². The van der Waals surface area contributed by atoms with Crippen molar-refractivity contribution in [2.45, 2.75) is 27.7 Å². The summed E-state index contributed by atoms with van der Waals surface area (Å²) in [4.78, 5) is 11.7. The van der Waals surface area contributed by atoms with Crippen molar-refractivity contribution >= 4 is 5.91 Å². The molecule has 0 radical (unpaired) electrons. The van der Waals surface area contributed by atoms with E-state index in [1.165, 1.54) is 0 Å². The molecule has 96 valence electrons. The van der Waals surface area contributed by atoms with Crippen LogP contribution in [0, 0.1) is 17.8 Å². The first-order valence-corrected chi connectivity index (χ1v) is 6.04. The van der Waals surface area contributed by atoms with E-state index in [-0.39, 0.29) is 17.7 Å². The normalized spacial score (nSPS) is 13.2. The largest absolute Gasteiger partial charge is 0.379 e. The zero-order valence-electron chi connectivity index (χ0n) is 11.0. The predicted molar refractivity (Wildman–Crippen MR) is 66.0 cm³/mol. The molecule has 1 amide bonds. The van der Waals surface area contributed by atoms with Crippen molar-refractivity contribution in [1.29, 1.82) is 0 Å².